The molecule has 9 heteroatoms. The van der Waals surface area contributed by atoms with Crippen LogP contribution >= 0.6 is 0 Å². The number of nitriles is 1. The van der Waals surface area contributed by atoms with Crippen LogP contribution in [0.4, 0.5) is 10.5 Å². The van der Waals surface area contributed by atoms with Crippen LogP contribution in [-0.4, -0.2) is 49.0 Å². The topological polar surface area (TPSA) is 138 Å². The van der Waals surface area contributed by atoms with Crippen molar-refractivity contribution < 1.29 is 19.1 Å². The van der Waals surface area contributed by atoms with Crippen LogP contribution in [0.25, 0.3) is 0 Å². The normalized spacial score (nSPS) is 14.5. The first-order valence-corrected chi connectivity index (χ1v) is 11.7. The molecule has 0 aliphatic carbocycles. The molecule has 35 heavy (non-hydrogen) atoms. The van der Waals surface area contributed by atoms with Crippen molar-refractivity contribution in [3.63, 3.8) is 0 Å². The predicted molar refractivity (Wildman–Crippen MR) is 131 cm³/mol. The Morgan fingerprint density at radius 1 is 1.11 bits per heavy atom. The first-order chi connectivity index (χ1) is 16.9. The molecule has 0 atom stereocenters. The smallest absolute Gasteiger partial charge is 0.411 e. The van der Waals surface area contributed by atoms with E-state index in [0.717, 1.165) is 12.0 Å². The van der Waals surface area contributed by atoms with E-state index in [4.69, 9.17) is 10.5 Å². The van der Waals surface area contributed by atoms with E-state index in [-0.39, 0.29) is 31.5 Å². The van der Waals surface area contributed by atoms with E-state index >= 15 is 0 Å². The molecule has 2 aromatic rings. The third kappa shape index (κ3) is 6.58. The number of likely N-dealkylation sites (tertiary alicyclic amines) is 1. The van der Waals surface area contributed by atoms with Crippen LogP contribution in [0, 0.1) is 16.7 Å². The second kappa shape index (κ2) is 12.0. The maximum Gasteiger partial charge on any atom is 0.411 e. The Labute approximate surface area is 205 Å². The lowest BCUT2D eigenvalue weighted by molar-refractivity contribution is -0.142. The van der Waals surface area contributed by atoms with Gasteiger partial charge in [-0.1, -0.05) is 37.3 Å². The van der Waals surface area contributed by atoms with Crippen LogP contribution in [0.2, 0.25) is 0 Å². The molecule has 9 nitrogen and oxygen atoms in total. The summed E-state index contributed by atoms with van der Waals surface area (Å²) in [6.45, 7) is 2.66. The van der Waals surface area contributed by atoms with E-state index in [1.807, 2.05) is 19.1 Å². The van der Waals surface area contributed by atoms with E-state index < -0.39 is 11.5 Å². The molecule has 4 N–H and O–H groups in total. The monoisotopic (exact) mass is 477 g/mol. The van der Waals surface area contributed by atoms with Gasteiger partial charge in [-0.05, 0) is 48.6 Å². The summed E-state index contributed by atoms with van der Waals surface area (Å²) in [6.07, 6.45) is 0.883. The number of carbonyl (C=O) groups is 3. The number of ether oxygens (including phenoxy) is 1. The van der Waals surface area contributed by atoms with Gasteiger partial charge in [0, 0.05) is 25.3 Å². The first kappa shape index (κ1) is 25.7. The summed E-state index contributed by atoms with van der Waals surface area (Å²) in [4.78, 5) is 39.5. The van der Waals surface area contributed by atoms with Crippen LogP contribution in [0.3, 0.4) is 0 Å². The standard InChI is InChI=1S/C26H31N5O4/c1-2-19-7-9-22(10-8-19)30-25(34)35-18-26(11-13-31(14-12-26)23(32)16-28)24(33)29-17-21-6-4-3-5-20(21)15-27/h3-10H,2,11-14,16-18,28H2,1H3,(H,29,33)(H,30,34). The van der Waals surface area contributed by atoms with Gasteiger partial charge >= 0.3 is 6.09 Å². The molecule has 0 aromatic heterocycles. The number of piperidine rings is 1. The lowest BCUT2D eigenvalue weighted by atomic mass is 9.78. The van der Waals surface area contributed by atoms with E-state index in [1.54, 1.807) is 41.3 Å². The van der Waals surface area contributed by atoms with Crippen LogP contribution in [-0.2, 0) is 27.3 Å². The molecule has 0 unspecified atom stereocenters. The second-order valence-corrected chi connectivity index (χ2v) is 8.57. The van der Waals surface area contributed by atoms with Crippen molar-refractivity contribution in [3.8, 4) is 6.07 Å². The Bertz CT molecular complexity index is 1090. The van der Waals surface area contributed by atoms with Crippen molar-refractivity contribution in [2.24, 2.45) is 11.1 Å². The average molecular weight is 478 g/mol. The van der Waals surface area contributed by atoms with Crippen molar-refractivity contribution in [1.29, 1.82) is 5.26 Å². The number of rotatable bonds is 8. The Morgan fingerprint density at radius 3 is 2.43 bits per heavy atom. The molecule has 1 fully saturated rings. The molecule has 3 rings (SSSR count). The number of anilines is 1. The van der Waals surface area contributed by atoms with Gasteiger partial charge in [-0.15, -0.1) is 0 Å². The highest BCUT2D eigenvalue weighted by Gasteiger charge is 2.43. The van der Waals surface area contributed by atoms with Gasteiger partial charge in [-0.3, -0.25) is 14.9 Å². The van der Waals surface area contributed by atoms with Crippen molar-refractivity contribution >= 4 is 23.6 Å². The Balaban J connectivity index is 1.67. The number of hydrogen-bond acceptors (Lipinski definition) is 6. The maximum absolute atomic E-state index is 13.3. The molecular weight excluding hydrogens is 446 g/mol. The molecule has 1 aliphatic rings. The number of amides is 3. The quantitative estimate of drug-likeness (QED) is 0.534. The van der Waals surface area contributed by atoms with Gasteiger partial charge in [0.15, 0.2) is 0 Å². The SMILES string of the molecule is CCc1ccc(NC(=O)OCC2(C(=O)NCc3ccccc3C#N)CCN(C(=O)CN)CC2)cc1. The maximum atomic E-state index is 13.3. The molecule has 0 saturated carbocycles. The lowest BCUT2D eigenvalue weighted by Crippen LogP contribution is -2.53. The summed E-state index contributed by atoms with van der Waals surface area (Å²) in [7, 11) is 0. The van der Waals surface area contributed by atoms with Gasteiger partial charge in [-0.2, -0.15) is 5.26 Å². The van der Waals surface area contributed by atoms with Gasteiger partial charge < -0.3 is 20.7 Å². The Kier molecular flexibility index (Phi) is 8.81. The molecule has 0 bridgehead atoms. The zero-order valence-electron chi connectivity index (χ0n) is 19.9. The third-order valence-electron chi connectivity index (χ3n) is 6.39. The fraction of sp³-hybridized carbons (Fsp3) is 0.385. The summed E-state index contributed by atoms with van der Waals surface area (Å²) in [5.41, 5.74) is 7.41. The van der Waals surface area contributed by atoms with Crippen LogP contribution < -0.4 is 16.4 Å². The van der Waals surface area contributed by atoms with Crippen molar-refractivity contribution in [1.82, 2.24) is 10.2 Å². The number of hydrogen-bond donors (Lipinski definition) is 3. The fourth-order valence-corrected chi connectivity index (χ4v) is 4.08. The summed E-state index contributed by atoms with van der Waals surface area (Å²) in [6, 6.07) is 16.6. The summed E-state index contributed by atoms with van der Waals surface area (Å²) < 4.78 is 5.49. The first-order valence-electron chi connectivity index (χ1n) is 11.7. The minimum absolute atomic E-state index is 0.0974. The van der Waals surface area contributed by atoms with Crippen molar-refractivity contribution in [2.45, 2.75) is 32.7 Å². The molecule has 0 spiro atoms. The van der Waals surface area contributed by atoms with E-state index in [9.17, 15) is 19.6 Å². The van der Waals surface area contributed by atoms with Gasteiger partial charge in [0.25, 0.3) is 0 Å². The van der Waals surface area contributed by atoms with E-state index in [2.05, 4.69) is 16.7 Å². The van der Waals surface area contributed by atoms with Crippen molar-refractivity contribution in [2.75, 3.05) is 31.6 Å². The largest absolute Gasteiger partial charge is 0.448 e. The lowest BCUT2D eigenvalue weighted by Gasteiger charge is -2.40. The zero-order chi connectivity index (χ0) is 25.3. The van der Waals surface area contributed by atoms with Crippen LogP contribution in [0.5, 0.6) is 0 Å². The molecule has 0 radical (unpaired) electrons. The van der Waals surface area contributed by atoms with Crippen LogP contribution in [0.15, 0.2) is 48.5 Å². The van der Waals surface area contributed by atoms with E-state index in [1.165, 1.54) is 0 Å². The molecule has 1 saturated heterocycles. The second-order valence-electron chi connectivity index (χ2n) is 8.57. The summed E-state index contributed by atoms with van der Waals surface area (Å²) in [5, 5.41) is 14.9. The highest BCUT2D eigenvalue weighted by molar-refractivity contribution is 5.86. The van der Waals surface area contributed by atoms with Gasteiger partial charge in [-0.25, -0.2) is 4.79 Å². The molecule has 184 valence electrons. The van der Waals surface area contributed by atoms with Crippen molar-refractivity contribution in [3.05, 3.63) is 65.2 Å². The Hall–Kier alpha value is -3.90. The number of nitrogens with zero attached hydrogens (tertiary/aromatic N) is 2. The number of benzene rings is 2. The average Bonchev–Trinajstić information content (AvgIpc) is 2.91. The molecule has 1 heterocycles. The molecule has 2 aromatic carbocycles. The fourth-order valence-electron chi connectivity index (χ4n) is 4.08. The highest BCUT2D eigenvalue weighted by Crippen LogP contribution is 2.33. The molecule has 3 amide bonds. The van der Waals surface area contributed by atoms with Gasteiger partial charge in [0.05, 0.1) is 23.6 Å². The number of nitrogens with two attached hydrogens (primary N) is 1. The molecule has 1 aliphatic heterocycles. The third-order valence-corrected chi connectivity index (χ3v) is 6.39. The number of carbonyl (C=O) groups excluding carboxylic acids is 3. The molecular formula is C26H31N5O4. The summed E-state index contributed by atoms with van der Waals surface area (Å²) in [5.74, 6) is -0.471. The Morgan fingerprint density at radius 2 is 1.80 bits per heavy atom. The minimum atomic E-state index is -1.00. The number of nitrogens with one attached hydrogen (secondary N) is 2. The minimum Gasteiger partial charge on any atom is -0.448 e. The van der Waals surface area contributed by atoms with Gasteiger partial charge in [0.1, 0.15) is 6.61 Å². The zero-order valence-corrected chi connectivity index (χ0v) is 19.9. The van der Waals surface area contributed by atoms with E-state index in [0.29, 0.717) is 42.7 Å². The summed E-state index contributed by atoms with van der Waals surface area (Å²) >= 11 is 0. The predicted octanol–water partition coefficient (Wildman–Crippen LogP) is 2.55. The van der Waals surface area contributed by atoms with Gasteiger partial charge in [0.2, 0.25) is 11.8 Å². The number of aryl methyl sites for hydroxylation is 1. The highest BCUT2D eigenvalue weighted by atomic mass is 16.5. The van der Waals surface area contributed by atoms with Crippen LogP contribution in [0.1, 0.15) is 36.5 Å².